The summed E-state index contributed by atoms with van der Waals surface area (Å²) < 4.78 is 19.4. The van der Waals surface area contributed by atoms with Crippen LogP contribution in [0.2, 0.25) is 0 Å². The first-order valence-electron chi connectivity index (χ1n) is 8.44. The number of amides is 2. The highest BCUT2D eigenvalue weighted by Gasteiger charge is 2.74. The second-order valence-corrected chi connectivity index (χ2v) is 7.76. The van der Waals surface area contributed by atoms with Crippen LogP contribution in [0.4, 0.5) is 10.1 Å². The van der Waals surface area contributed by atoms with Gasteiger partial charge in [-0.1, -0.05) is 6.92 Å². The van der Waals surface area contributed by atoms with E-state index in [0.29, 0.717) is 5.69 Å². The highest BCUT2D eigenvalue weighted by atomic mass is 19.1. The second-order valence-electron chi connectivity index (χ2n) is 7.76. The van der Waals surface area contributed by atoms with Crippen molar-refractivity contribution in [2.75, 3.05) is 4.90 Å². The van der Waals surface area contributed by atoms with E-state index >= 15 is 0 Å². The highest BCUT2D eigenvalue weighted by molar-refractivity contribution is 6.23. The summed E-state index contributed by atoms with van der Waals surface area (Å²) in [6, 6.07) is 6.33. The maximum Gasteiger partial charge on any atom is 0.240 e. The number of carbonyl (C=O) groups excluding carboxylic acids is 2. The van der Waals surface area contributed by atoms with E-state index < -0.39 is 29.7 Å². The molecule has 0 N–H and O–H groups in total. The number of halogens is 1. The molecule has 5 atom stereocenters. The molecule has 0 spiro atoms. The molecular formula is C19H19FN2O3. The zero-order valence-corrected chi connectivity index (χ0v) is 14.4. The molecule has 3 aliphatic heterocycles. The quantitative estimate of drug-likeness (QED) is 0.775. The first-order valence-corrected chi connectivity index (χ1v) is 8.44. The van der Waals surface area contributed by atoms with Crippen molar-refractivity contribution in [1.82, 2.24) is 0 Å². The van der Waals surface area contributed by atoms with E-state index in [2.05, 4.69) is 0 Å². The minimum absolute atomic E-state index is 0.179. The summed E-state index contributed by atoms with van der Waals surface area (Å²) in [5.41, 5.74) is -0.578. The van der Waals surface area contributed by atoms with Crippen molar-refractivity contribution >= 4 is 17.5 Å². The average molecular weight is 342 g/mol. The molecule has 0 radical (unpaired) electrons. The molecule has 25 heavy (non-hydrogen) atoms. The lowest BCUT2D eigenvalue weighted by molar-refractivity contribution is -0.130. The Morgan fingerprint density at radius 1 is 1.32 bits per heavy atom. The lowest BCUT2D eigenvalue weighted by Gasteiger charge is -2.33. The zero-order chi connectivity index (χ0) is 18.1. The monoisotopic (exact) mass is 342 g/mol. The van der Waals surface area contributed by atoms with Gasteiger partial charge in [-0.2, -0.15) is 5.26 Å². The van der Waals surface area contributed by atoms with Crippen LogP contribution in [0.15, 0.2) is 18.2 Å². The van der Waals surface area contributed by atoms with Crippen LogP contribution in [0.1, 0.15) is 38.3 Å². The summed E-state index contributed by atoms with van der Waals surface area (Å²) in [5.74, 6) is -1.42. The van der Waals surface area contributed by atoms with Crippen molar-refractivity contribution in [3.8, 4) is 6.07 Å². The second kappa shape index (κ2) is 4.89. The fraction of sp³-hybridized carbons (Fsp3) is 0.526. The Labute approximate surface area is 145 Å². The van der Waals surface area contributed by atoms with Gasteiger partial charge < -0.3 is 4.74 Å². The highest BCUT2D eigenvalue weighted by Crippen LogP contribution is 2.63. The Kier molecular flexibility index (Phi) is 3.17. The molecule has 2 bridgehead atoms. The molecule has 2 unspecified atom stereocenters. The van der Waals surface area contributed by atoms with Crippen LogP contribution >= 0.6 is 0 Å². The first-order chi connectivity index (χ1) is 11.8. The summed E-state index contributed by atoms with van der Waals surface area (Å²) in [7, 11) is 0. The van der Waals surface area contributed by atoms with Gasteiger partial charge in [0.15, 0.2) is 0 Å². The van der Waals surface area contributed by atoms with Crippen LogP contribution in [0.5, 0.6) is 0 Å². The SMILES string of the molecule is C[C@@H]1CC2(C)OC1(C)[C@@H]1C(=O)N(c3ccc(C#N)c(CF)c3)C(=O)[C@@H]12. The van der Waals surface area contributed by atoms with Gasteiger partial charge in [0.25, 0.3) is 0 Å². The molecule has 6 heteroatoms. The number of imide groups is 1. The van der Waals surface area contributed by atoms with Crippen molar-refractivity contribution in [1.29, 1.82) is 5.26 Å². The Hall–Kier alpha value is -2.26. The smallest absolute Gasteiger partial charge is 0.240 e. The number of benzene rings is 1. The van der Waals surface area contributed by atoms with E-state index in [1.54, 1.807) is 0 Å². The van der Waals surface area contributed by atoms with Gasteiger partial charge in [-0.3, -0.25) is 9.59 Å². The Morgan fingerprint density at radius 3 is 2.64 bits per heavy atom. The molecule has 130 valence electrons. The van der Waals surface area contributed by atoms with E-state index in [-0.39, 0.29) is 28.9 Å². The minimum Gasteiger partial charge on any atom is -0.367 e. The van der Waals surface area contributed by atoms with Crippen molar-refractivity contribution in [3.63, 3.8) is 0 Å². The molecule has 0 aliphatic carbocycles. The van der Waals surface area contributed by atoms with Crippen LogP contribution in [0.25, 0.3) is 0 Å². The lowest BCUT2D eigenvalue weighted by atomic mass is 9.64. The number of nitrogens with zero attached hydrogens (tertiary/aromatic N) is 2. The van der Waals surface area contributed by atoms with E-state index in [1.807, 2.05) is 26.8 Å². The van der Waals surface area contributed by atoms with Crippen molar-refractivity contribution < 1.29 is 18.7 Å². The fourth-order valence-corrected chi connectivity index (χ4v) is 5.07. The molecule has 3 heterocycles. The largest absolute Gasteiger partial charge is 0.367 e. The maximum atomic E-state index is 13.2. The number of ether oxygens (including phenoxy) is 1. The Balaban J connectivity index is 1.79. The van der Waals surface area contributed by atoms with E-state index in [9.17, 15) is 14.0 Å². The molecule has 3 saturated heterocycles. The maximum absolute atomic E-state index is 13.2. The molecular weight excluding hydrogens is 323 g/mol. The van der Waals surface area contributed by atoms with Gasteiger partial charge >= 0.3 is 0 Å². The minimum atomic E-state index is -0.824. The van der Waals surface area contributed by atoms with Crippen molar-refractivity contribution in [3.05, 3.63) is 29.3 Å². The van der Waals surface area contributed by atoms with Gasteiger partial charge in [0.2, 0.25) is 11.8 Å². The molecule has 2 amide bonds. The summed E-state index contributed by atoms with van der Waals surface area (Å²) >= 11 is 0. The number of hydrogen-bond acceptors (Lipinski definition) is 4. The molecule has 5 nitrogen and oxygen atoms in total. The third kappa shape index (κ3) is 1.85. The molecule has 1 aromatic rings. The number of hydrogen-bond donors (Lipinski definition) is 0. The van der Waals surface area contributed by atoms with Crippen LogP contribution in [0.3, 0.4) is 0 Å². The van der Waals surface area contributed by atoms with Gasteiger partial charge in [0.05, 0.1) is 40.4 Å². The van der Waals surface area contributed by atoms with Gasteiger partial charge in [0.1, 0.15) is 6.67 Å². The van der Waals surface area contributed by atoms with Gasteiger partial charge in [0, 0.05) is 5.56 Å². The number of anilines is 1. The zero-order valence-electron chi connectivity index (χ0n) is 14.4. The third-order valence-corrected chi connectivity index (χ3v) is 6.34. The third-order valence-electron chi connectivity index (χ3n) is 6.34. The summed E-state index contributed by atoms with van der Waals surface area (Å²) in [6.07, 6.45) is 0.737. The molecule has 4 rings (SSSR count). The van der Waals surface area contributed by atoms with Gasteiger partial charge in [-0.15, -0.1) is 0 Å². The van der Waals surface area contributed by atoms with Crippen LogP contribution in [-0.4, -0.2) is 23.0 Å². The standard InChI is InChI=1S/C19H19FN2O3/c1-10-7-18(2)14-15(19(10,3)25-18)17(24)22(16(14)23)13-5-4-11(9-21)12(6-13)8-20/h4-6,10,14-15H,7-8H2,1-3H3/t10-,14-,15+,18?,19?/m1/s1. The number of fused-ring (bicyclic) bond motifs is 5. The number of alkyl halides is 1. The van der Waals surface area contributed by atoms with Crippen molar-refractivity contribution in [2.45, 2.75) is 45.1 Å². The van der Waals surface area contributed by atoms with Gasteiger partial charge in [-0.25, -0.2) is 9.29 Å². The molecule has 0 aromatic heterocycles. The normalized spacial score (nSPS) is 39.0. The van der Waals surface area contributed by atoms with Crippen LogP contribution in [0, 0.1) is 29.1 Å². The topological polar surface area (TPSA) is 70.4 Å². The molecule has 3 aliphatic rings. The average Bonchev–Trinajstić information content (AvgIpc) is 3.08. The summed E-state index contributed by atoms with van der Waals surface area (Å²) in [5, 5.41) is 9.04. The van der Waals surface area contributed by atoms with E-state index in [1.165, 1.54) is 18.2 Å². The lowest BCUT2D eigenvalue weighted by Crippen LogP contribution is -2.45. The molecule has 0 saturated carbocycles. The Morgan fingerprint density at radius 2 is 2.00 bits per heavy atom. The number of rotatable bonds is 2. The van der Waals surface area contributed by atoms with Crippen LogP contribution in [-0.2, 0) is 21.0 Å². The predicted octanol–water partition coefficient (Wildman–Crippen LogP) is 2.72. The fourth-order valence-electron chi connectivity index (χ4n) is 5.07. The van der Waals surface area contributed by atoms with Crippen molar-refractivity contribution in [2.24, 2.45) is 17.8 Å². The molecule has 3 fully saturated rings. The summed E-state index contributed by atoms with van der Waals surface area (Å²) in [4.78, 5) is 27.3. The Bertz CT molecular complexity index is 848. The van der Waals surface area contributed by atoms with Gasteiger partial charge in [-0.05, 0) is 44.4 Å². The predicted molar refractivity (Wildman–Crippen MR) is 87.1 cm³/mol. The first kappa shape index (κ1) is 16.2. The van der Waals surface area contributed by atoms with E-state index in [4.69, 9.17) is 10.00 Å². The van der Waals surface area contributed by atoms with E-state index in [0.717, 1.165) is 11.3 Å². The molecule has 1 aromatic carbocycles. The summed E-state index contributed by atoms with van der Waals surface area (Å²) in [6.45, 7) is 5.04. The number of carbonyl (C=O) groups is 2. The number of nitriles is 1. The van der Waals surface area contributed by atoms with Crippen LogP contribution < -0.4 is 4.90 Å².